The highest BCUT2D eigenvalue weighted by Gasteiger charge is 2.28. The highest BCUT2D eigenvalue weighted by molar-refractivity contribution is 5.77. The van der Waals surface area contributed by atoms with Gasteiger partial charge in [0.05, 0.1) is 0 Å². The van der Waals surface area contributed by atoms with Gasteiger partial charge in [-0.15, -0.1) is 0 Å². The van der Waals surface area contributed by atoms with Crippen molar-refractivity contribution in [2.75, 3.05) is 6.54 Å². The zero-order chi connectivity index (χ0) is 18.5. The highest BCUT2D eigenvalue weighted by atomic mass is 16.3. The second-order valence-corrected chi connectivity index (χ2v) is 7.20. The molecule has 1 fully saturated rings. The molecule has 0 spiro atoms. The van der Waals surface area contributed by atoms with Crippen molar-refractivity contribution < 1.29 is 9.21 Å². The van der Waals surface area contributed by atoms with Gasteiger partial charge in [0, 0.05) is 31.0 Å². The van der Waals surface area contributed by atoms with E-state index in [-0.39, 0.29) is 5.91 Å². The molecular weight excluding hydrogens is 334 g/mol. The number of nitrogens with zero attached hydrogens (tertiary/aromatic N) is 1. The fraction of sp³-hybridized carbons (Fsp3) is 0.292. The molecule has 138 valence electrons. The number of carbonyl (C=O) groups excluding carboxylic acids is 1. The van der Waals surface area contributed by atoms with Crippen LogP contribution < -0.4 is 0 Å². The van der Waals surface area contributed by atoms with Crippen LogP contribution in [0.15, 0.2) is 77.2 Å². The van der Waals surface area contributed by atoms with E-state index in [1.54, 1.807) is 0 Å². The lowest BCUT2D eigenvalue weighted by Gasteiger charge is -2.25. The van der Waals surface area contributed by atoms with Gasteiger partial charge in [-0.3, -0.25) is 4.79 Å². The number of amides is 1. The fourth-order valence-corrected chi connectivity index (χ4v) is 3.91. The van der Waals surface area contributed by atoms with Gasteiger partial charge in [0.1, 0.15) is 11.5 Å². The van der Waals surface area contributed by atoms with Crippen LogP contribution in [0.3, 0.4) is 0 Å². The van der Waals surface area contributed by atoms with Crippen molar-refractivity contribution >= 4 is 5.91 Å². The van der Waals surface area contributed by atoms with Crippen molar-refractivity contribution in [1.82, 2.24) is 4.90 Å². The van der Waals surface area contributed by atoms with E-state index in [2.05, 4.69) is 29.2 Å². The standard InChI is InChI=1S/C24H25NO2/c26-24(25-17-7-12-21(25)18-19-8-3-1-4-9-19)16-14-22-13-15-23(27-22)20-10-5-2-6-11-20/h1-6,8-11,13,15,21H,7,12,14,16-18H2. The molecule has 1 atom stereocenters. The van der Waals surface area contributed by atoms with Gasteiger partial charge in [-0.1, -0.05) is 60.7 Å². The fourth-order valence-electron chi connectivity index (χ4n) is 3.91. The number of rotatable bonds is 6. The molecule has 0 N–H and O–H groups in total. The Balaban J connectivity index is 1.34. The van der Waals surface area contributed by atoms with Crippen molar-refractivity contribution in [1.29, 1.82) is 0 Å². The Morgan fingerprint density at radius 3 is 2.48 bits per heavy atom. The molecule has 1 aliphatic rings. The predicted octanol–water partition coefficient (Wildman–Crippen LogP) is 5.11. The first-order chi connectivity index (χ1) is 13.3. The van der Waals surface area contributed by atoms with Crippen LogP contribution in [0, 0.1) is 0 Å². The van der Waals surface area contributed by atoms with E-state index in [9.17, 15) is 4.79 Å². The van der Waals surface area contributed by atoms with Crippen molar-refractivity contribution in [2.45, 2.75) is 38.1 Å². The van der Waals surface area contributed by atoms with Crippen LogP contribution in [0.5, 0.6) is 0 Å². The van der Waals surface area contributed by atoms with Crippen LogP contribution in [-0.4, -0.2) is 23.4 Å². The zero-order valence-electron chi connectivity index (χ0n) is 15.5. The Kier molecular flexibility index (Phi) is 5.38. The molecule has 3 aromatic rings. The number of benzene rings is 2. The number of carbonyl (C=O) groups is 1. The molecule has 4 rings (SSSR count). The van der Waals surface area contributed by atoms with E-state index in [0.29, 0.717) is 18.9 Å². The summed E-state index contributed by atoms with van der Waals surface area (Å²) in [6.45, 7) is 0.879. The minimum atomic E-state index is 0.242. The largest absolute Gasteiger partial charge is 0.461 e. The topological polar surface area (TPSA) is 33.5 Å². The quantitative estimate of drug-likeness (QED) is 0.612. The Labute approximate surface area is 160 Å². The van der Waals surface area contributed by atoms with Crippen LogP contribution in [0.25, 0.3) is 11.3 Å². The molecule has 2 aromatic carbocycles. The van der Waals surface area contributed by atoms with Gasteiger partial charge < -0.3 is 9.32 Å². The van der Waals surface area contributed by atoms with Crippen molar-refractivity contribution in [3.05, 3.63) is 84.1 Å². The molecule has 0 radical (unpaired) electrons. The van der Waals surface area contributed by atoms with E-state index >= 15 is 0 Å². The van der Waals surface area contributed by atoms with Crippen molar-refractivity contribution in [3.63, 3.8) is 0 Å². The van der Waals surface area contributed by atoms with Gasteiger partial charge in [0.15, 0.2) is 0 Å². The number of likely N-dealkylation sites (tertiary alicyclic amines) is 1. The van der Waals surface area contributed by atoms with E-state index in [1.807, 2.05) is 48.5 Å². The van der Waals surface area contributed by atoms with Crippen LogP contribution >= 0.6 is 0 Å². The molecule has 0 saturated carbocycles. The maximum absolute atomic E-state index is 12.8. The van der Waals surface area contributed by atoms with Gasteiger partial charge in [0.2, 0.25) is 5.91 Å². The molecule has 2 heterocycles. The normalized spacial score (nSPS) is 16.6. The van der Waals surface area contributed by atoms with E-state index in [4.69, 9.17) is 4.42 Å². The second kappa shape index (κ2) is 8.26. The molecular formula is C24H25NO2. The Hall–Kier alpha value is -2.81. The highest BCUT2D eigenvalue weighted by Crippen LogP contribution is 2.25. The lowest BCUT2D eigenvalue weighted by molar-refractivity contribution is -0.132. The molecule has 0 bridgehead atoms. The number of hydrogen-bond donors (Lipinski definition) is 0. The molecule has 3 heteroatoms. The Morgan fingerprint density at radius 1 is 0.963 bits per heavy atom. The van der Waals surface area contributed by atoms with Crippen molar-refractivity contribution in [3.8, 4) is 11.3 Å². The lowest BCUT2D eigenvalue weighted by atomic mass is 10.0. The average molecular weight is 359 g/mol. The summed E-state index contributed by atoms with van der Waals surface area (Å²) in [6.07, 6.45) is 4.31. The summed E-state index contributed by atoms with van der Waals surface area (Å²) in [5, 5.41) is 0. The first kappa shape index (κ1) is 17.6. The average Bonchev–Trinajstić information content (AvgIpc) is 3.37. The van der Waals surface area contributed by atoms with Gasteiger partial charge in [-0.25, -0.2) is 0 Å². The van der Waals surface area contributed by atoms with E-state index in [0.717, 1.165) is 42.9 Å². The van der Waals surface area contributed by atoms with Crippen LogP contribution in [0.2, 0.25) is 0 Å². The third-order valence-electron chi connectivity index (χ3n) is 5.32. The number of furan rings is 1. The first-order valence-corrected chi connectivity index (χ1v) is 9.77. The van der Waals surface area contributed by atoms with Crippen LogP contribution in [0.4, 0.5) is 0 Å². The van der Waals surface area contributed by atoms with Gasteiger partial charge in [-0.2, -0.15) is 0 Å². The Bertz CT molecular complexity index is 870. The minimum absolute atomic E-state index is 0.242. The van der Waals surface area contributed by atoms with Gasteiger partial charge in [-0.05, 0) is 37.0 Å². The number of hydrogen-bond acceptors (Lipinski definition) is 2. The predicted molar refractivity (Wildman–Crippen MR) is 107 cm³/mol. The van der Waals surface area contributed by atoms with Crippen molar-refractivity contribution in [2.24, 2.45) is 0 Å². The maximum atomic E-state index is 12.8. The summed E-state index contributed by atoms with van der Waals surface area (Å²) >= 11 is 0. The van der Waals surface area contributed by atoms with Gasteiger partial charge in [0.25, 0.3) is 0 Å². The molecule has 1 unspecified atom stereocenters. The zero-order valence-corrected chi connectivity index (χ0v) is 15.5. The molecule has 3 nitrogen and oxygen atoms in total. The lowest BCUT2D eigenvalue weighted by Crippen LogP contribution is -2.36. The summed E-state index contributed by atoms with van der Waals surface area (Å²) in [4.78, 5) is 14.9. The summed E-state index contributed by atoms with van der Waals surface area (Å²) in [7, 11) is 0. The summed E-state index contributed by atoms with van der Waals surface area (Å²) < 4.78 is 5.93. The van der Waals surface area contributed by atoms with E-state index < -0.39 is 0 Å². The third kappa shape index (κ3) is 4.30. The number of aryl methyl sites for hydroxylation is 1. The molecule has 1 saturated heterocycles. The summed E-state index contributed by atoms with van der Waals surface area (Å²) in [6, 6.07) is 24.8. The second-order valence-electron chi connectivity index (χ2n) is 7.20. The molecule has 1 aromatic heterocycles. The summed E-state index contributed by atoms with van der Waals surface area (Å²) in [5.41, 5.74) is 2.37. The smallest absolute Gasteiger partial charge is 0.223 e. The molecule has 1 amide bonds. The Morgan fingerprint density at radius 2 is 1.70 bits per heavy atom. The van der Waals surface area contributed by atoms with Crippen LogP contribution in [-0.2, 0) is 17.6 Å². The molecule has 27 heavy (non-hydrogen) atoms. The maximum Gasteiger partial charge on any atom is 0.223 e. The molecule has 0 aliphatic carbocycles. The summed E-state index contributed by atoms with van der Waals surface area (Å²) in [5.74, 6) is 1.98. The van der Waals surface area contributed by atoms with Gasteiger partial charge >= 0.3 is 0 Å². The first-order valence-electron chi connectivity index (χ1n) is 9.77. The van der Waals surface area contributed by atoms with E-state index in [1.165, 1.54) is 5.56 Å². The van der Waals surface area contributed by atoms with Crippen LogP contribution in [0.1, 0.15) is 30.6 Å². The third-order valence-corrected chi connectivity index (χ3v) is 5.32. The monoisotopic (exact) mass is 359 g/mol. The SMILES string of the molecule is O=C(CCc1ccc(-c2ccccc2)o1)N1CCCC1Cc1ccccc1. The molecule has 1 aliphatic heterocycles. The minimum Gasteiger partial charge on any atom is -0.461 e.